The van der Waals surface area contributed by atoms with Crippen LogP contribution in [0, 0.1) is 0 Å². The molecule has 0 aromatic carbocycles. The summed E-state index contributed by atoms with van der Waals surface area (Å²) < 4.78 is 0. The number of amides is 1. The molecule has 0 spiro atoms. The van der Waals surface area contributed by atoms with Gasteiger partial charge in [0.25, 0.3) is 0 Å². The van der Waals surface area contributed by atoms with Crippen LogP contribution in [0.25, 0.3) is 0 Å². The number of aliphatic hydroxyl groups is 1. The number of β-amino-alcohol motifs (C(OH)–C–C–N with tert-alkyl or cyclic N) is 1. The Morgan fingerprint density at radius 2 is 2.17 bits per heavy atom. The van der Waals surface area contributed by atoms with Gasteiger partial charge < -0.3 is 10.4 Å². The Bertz CT molecular complexity index is 186. The molecule has 1 fully saturated rings. The second-order valence-electron chi connectivity index (χ2n) is 4.13. The highest BCUT2D eigenvalue weighted by molar-refractivity contribution is 5.79. The van der Waals surface area contributed by atoms with Crippen LogP contribution in [0.3, 0.4) is 0 Å². The van der Waals surface area contributed by atoms with E-state index in [-0.39, 0.29) is 11.4 Å². The Balaban J connectivity index is 2.62. The van der Waals surface area contributed by atoms with Gasteiger partial charge in [-0.1, -0.05) is 0 Å². The zero-order valence-electron chi connectivity index (χ0n) is 7.79. The molecule has 0 saturated carbocycles. The van der Waals surface area contributed by atoms with E-state index in [9.17, 15) is 9.90 Å². The molecule has 1 aliphatic rings. The van der Waals surface area contributed by atoms with Crippen molar-refractivity contribution in [2.45, 2.75) is 32.5 Å². The molecule has 0 aromatic heterocycles. The largest absolute Gasteiger partial charge is 0.372 e. The standard InChI is InChI=1S/C8H16N2O2/c1-8(2,3)10-4-6(11)9-7(12)5-10/h6,11H,4-5H2,1-3H3,(H,9,12). The van der Waals surface area contributed by atoms with Crippen LogP contribution in [-0.4, -0.2) is 40.8 Å². The second kappa shape index (κ2) is 3.03. The third-order valence-corrected chi connectivity index (χ3v) is 2.00. The summed E-state index contributed by atoms with van der Waals surface area (Å²) in [7, 11) is 0. The van der Waals surface area contributed by atoms with Crippen LogP contribution in [0.1, 0.15) is 20.8 Å². The zero-order valence-corrected chi connectivity index (χ0v) is 7.79. The van der Waals surface area contributed by atoms with Gasteiger partial charge in [-0.15, -0.1) is 0 Å². The Morgan fingerprint density at radius 1 is 1.58 bits per heavy atom. The third kappa shape index (κ3) is 2.19. The third-order valence-electron chi connectivity index (χ3n) is 2.00. The maximum atomic E-state index is 11.0. The molecular formula is C8H16N2O2. The maximum absolute atomic E-state index is 11.0. The summed E-state index contributed by atoms with van der Waals surface area (Å²) in [4.78, 5) is 13.0. The molecule has 0 radical (unpaired) electrons. The average Bonchev–Trinajstić information content (AvgIpc) is 1.82. The van der Waals surface area contributed by atoms with Crippen LogP contribution in [0.5, 0.6) is 0 Å². The molecule has 0 aliphatic carbocycles. The van der Waals surface area contributed by atoms with Gasteiger partial charge in [-0.3, -0.25) is 9.69 Å². The highest BCUT2D eigenvalue weighted by atomic mass is 16.3. The van der Waals surface area contributed by atoms with E-state index in [0.717, 1.165) is 0 Å². The van der Waals surface area contributed by atoms with Crippen LogP contribution in [0.15, 0.2) is 0 Å². The number of nitrogens with zero attached hydrogens (tertiary/aromatic N) is 1. The summed E-state index contributed by atoms with van der Waals surface area (Å²) in [6, 6.07) is 0. The fourth-order valence-electron chi connectivity index (χ4n) is 1.23. The molecule has 1 aliphatic heterocycles. The monoisotopic (exact) mass is 172 g/mol. The van der Waals surface area contributed by atoms with Gasteiger partial charge in [0.1, 0.15) is 6.23 Å². The number of rotatable bonds is 0. The van der Waals surface area contributed by atoms with Gasteiger partial charge in [-0.2, -0.15) is 0 Å². The number of aliphatic hydroxyl groups excluding tert-OH is 1. The molecule has 2 N–H and O–H groups in total. The number of hydrogen-bond acceptors (Lipinski definition) is 3. The summed E-state index contributed by atoms with van der Waals surface area (Å²) in [6.07, 6.45) is -0.717. The van der Waals surface area contributed by atoms with Crippen molar-refractivity contribution in [1.29, 1.82) is 0 Å². The molecule has 0 bridgehead atoms. The molecular weight excluding hydrogens is 156 g/mol. The lowest BCUT2D eigenvalue weighted by Gasteiger charge is -2.39. The van der Waals surface area contributed by atoms with Crippen molar-refractivity contribution in [2.24, 2.45) is 0 Å². The minimum Gasteiger partial charge on any atom is -0.372 e. The first-order chi connectivity index (χ1) is 5.39. The van der Waals surface area contributed by atoms with Gasteiger partial charge in [0.15, 0.2) is 0 Å². The Morgan fingerprint density at radius 3 is 2.58 bits per heavy atom. The van der Waals surface area contributed by atoms with Crippen LogP contribution in [-0.2, 0) is 4.79 Å². The Kier molecular flexibility index (Phi) is 2.39. The minimum absolute atomic E-state index is 0.0568. The van der Waals surface area contributed by atoms with Gasteiger partial charge in [0, 0.05) is 12.1 Å². The molecule has 1 atom stereocenters. The number of carbonyl (C=O) groups excluding carboxylic acids is 1. The summed E-state index contributed by atoms with van der Waals surface area (Å²) in [5.41, 5.74) is -0.0568. The lowest BCUT2D eigenvalue weighted by atomic mass is 10.0. The average molecular weight is 172 g/mol. The van der Waals surface area contributed by atoms with Crippen molar-refractivity contribution in [1.82, 2.24) is 10.2 Å². The molecule has 4 nitrogen and oxygen atoms in total. The van der Waals surface area contributed by atoms with E-state index < -0.39 is 6.23 Å². The van der Waals surface area contributed by atoms with Crippen molar-refractivity contribution in [2.75, 3.05) is 13.1 Å². The molecule has 70 valence electrons. The summed E-state index contributed by atoms with van der Waals surface area (Å²) in [5.74, 6) is -0.108. The predicted molar refractivity (Wildman–Crippen MR) is 45.5 cm³/mol. The highest BCUT2D eigenvalue weighted by Crippen LogP contribution is 2.14. The summed E-state index contributed by atoms with van der Waals surface area (Å²) in [6.45, 7) is 6.96. The molecule has 1 saturated heterocycles. The highest BCUT2D eigenvalue weighted by Gasteiger charge is 2.30. The normalized spacial score (nSPS) is 27.0. The topological polar surface area (TPSA) is 52.6 Å². The van der Waals surface area contributed by atoms with Gasteiger partial charge in [0.05, 0.1) is 6.54 Å². The van der Waals surface area contributed by atoms with Crippen molar-refractivity contribution in [3.05, 3.63) is 0 Å². The van der Waals surface area contributed by atoms with Crippen molar-refractivity contribution in [3.63, 3.8) is 0 Å². The first-order valence-corrected chi connectivity index (χ1v) is 4.12. The minimum atomic E-state index is -0.717. The number of nitrogens with one attached hydrogen (secondary N) is 1. The fourth-order valence-corrected chi connectivity index (χ4v) is 1.23. The Hall–Kier alpha value is -0.610. The molecule has 1 amide bonds. The van der Waals surface area contributed by atoms with Crippen LogP contribution < -0.4 is 5.32 Å². The molecule has 0 aromatic rings. The van der Waals surface area contributed by atoms with E-state index in [1.165, 1.54) is 0 Å². The van der Waals surface area contributed by atoms with Crippen LogP contribution >= 0.6 is 0 Å². The zero-order chi connectivity index (χ0) is 9.35. The predicted octanol–water partition coefficient (Wildman–Crippen LogP) is -0.465. The smallest absolute Gasteiger partial charge is 0.236 e. The first kappa shape index (κ1) is 9.48. The van der Waals surface area contributed by atoms with Gasteiger partial charge in [-0.25, -0.2) is 0 Å². The van der Waals surface area contributed by atoms with Gasteiger partial charge >= 0.3 is 0 Å². The maximum Gasteiger partial charge on any atom is 0.236 e. The number of piperazine rings is 1. The fraction of sp³-hybridized carbons (Fsp3) is 0.875. The summed E-state index contributed by atoms with van der Waals surface area (Å²) >= 11 is 0. The van der Waals surface area contributed by atoms with E-state index >= 15 is 0 Å². The lowest BCUT2D eigenvalue weighted by Crippen LogP contribution is -2.59. The van der Waals surface area contributed by atoms with Crippen LogP contribution in [0.2, 0.25) is 0 Å². The van der Waals surface area contributed by atoms with Gasteiger partial charge in [0.2, 0.25) is 5.91 Å². The Labute approximate surface area is 72.6 Å². The molecule has 1 unspecified atom stereocenters. The number of carbonyl (C=O) groups is 1. The number of hydrogen-bond donors (Lipinski definition) is 2. The van der Waals surface area contributed by atoms with E-state index in [1.54, 1.807) is 0 Å². The van der Waals surface area contributed by atoms with E-state index in [1.807, 2.05) is 25.7 Å². The molecule has 1 heterocycles. The van der Waals surface area contributed by atoms with Crippen molar-refractivity contribution in [3.8, 4) is 0 Å². The molecule has 1 rings (SSSR count). The first-order valence-electron chi connectivity index (χ1n) is 4.12. The van der Waals surface area contributed by atoms with Crippen LogP contribution in [0.4, 0.5) is 0 Å². The van der Waals surface area contributed by atoms with E-state index in [0.29, 0.717) is 13.1 Å². The van der Waals surface area contributed by atoms with Gasteiger partial charge in [-0.05, 0) is 20.8 Å². The SMILES string of the molecule is CC(C)(C)N1CC(=O)NC(O)C1. The van der Waals surface area contributed by atoms with E-state index in [4.69, 9.17) is 0 Å². The van der Waals surface area contributed by atoms with E-state index in [2.05, 4.69) is 5.32 Å². The van der Waals surface area contributed by atoms with Crippen molar-refractivity contribution < 1.29 is 9.90 Å². The summed E-state index contributed by atoms with van der Waals surface area (Å²) in [5, 5.41) is 11.7. The quantitative estimate of drug-likeness (QED) is 0.519. The lowest BCUT2D eigenvalue weighted by molar-refractivity contribution is -0.132. The molecule has 4 heteroatoms. The van der Waals surface area contributed by atoms with Crippen molar-refractivity contribution >= 4 is 5.91 Å². The molecule has 12 heavy (non-hydrogen) atoms. The second-order valence-corrected chi connectivity index (χ2v) is 4.13.